The van der Waals surface area contributed by atoms with Crippen LogP contribution in [-0.2, 0) is 9.59 Å². The zero-order valence-electron chi connectivity index (χ0n) is 7.42. The summed E-state index contributed by atoms with van der Waals surface area (Å²) >= 11 is 6.77. The molecular formula is C3H6Na2O2S2. The first kappa shape index (κ1) is 17.2. The van der Waals surface area contributed by atoms with E-state index in [1.807, 2.05) is 0 Å². The fraction of sp³-hybridized carbons (Fsp3) is 0.333. The van der Waals surface area contributed by atoms with Gasteiger partial charge in [-0.25, -0.2) is 0 Å². The van der Waals surface area contributed by atoms with E-state index in [1.165, 1.54) is 0 Å². The molecule has 0 aliphatic carbocycles. The van der Waals surface area contributed by atoms with Crippen molar-refractivity contribution >= 4 is 36.2 Å². The number of carbonyl (C=O) groups is 2. The first-order chi connectivity index (χ1) is 3.18. The molecule has 0 N–H and O–H groups in total. The summed E-state index contributed by atoms with van der Waals surface area (Å²) in [4.78, 5) is 19.8. The fourth-order valence-corrected chi connectivity index (χ4v) is 0.415. The summed E-state index contributed by atoms with van der Waals surface area (Å²) in [6.45, 7) is 0. The van der Waals surface area contributed by atoms with Crippen LogP contribution in [0.3, 0.4) is 0 Å². The van der Waals surface area contributed by atoms with Gasteiger partial charge in [-0.3, -0.25) is 9.59 Å². The molecule has 0 bridgehead atoms. The summed E-state index contributed by atoms with van der Waals surface area (Å²) in [5, 5.41) is -0.727. The SMILES string of the molecule is O=C(S)C(=O)CS.[H-].[H-].[Na+].[Na+]. The zero-order chi connectivity index (χ0) is 5.86. The summed E-state index contributed by atoms with van der Waals surface area (Å²) in [6.07, 6.45) is 0. The van der Waals surface area contributed by atoms with Crippen molar-refractivity contribution in [3.05, 3.63) is 0 Å². The van der Waals surface area contributed by atoms with Crippen molar-refractivity contribution in [2.24, 2.45) is 0 Å². The first-order valence-electron chi connectivity index (χ1n) is 1.55. The molecule has 0 spiro atoms. The summed E-state index contributed by atoms with van der Waals surface area (Å²) in [5.41, 5.74) is 0. The Morgan fingerprint density at radius 3 is 1.67 bits per heavy atom. The van der Waals surface area contributed by atoms with E-state index in [9.17, 15) is 9.59 Å². The quantitative estimate of drug-likeness (QED) is 0.255. The van der Waals surface area contributed by atoms with Gasteiger partial charge in [0.2, 0.25) is 5.78 Å². The second-order valence-corrected chi connectivity index (χ2v) is 1.61. The van der Waals surface area contributed by atoms with E-state index in [0.29, 0.717) is 0 Å². The maximum absolute atomic E-state index is 10.0. The van der Waals surface area contributed by atoms with Crippen LogP contribution >= 0.6 is 25.3 Å². The van der Waals surface area contributed by atoms with Crippen LogP contribution in [-0.4, -0.2) is 16.7 Å². The normalized spacial score (nSPS) is 6.44. The number of ketones is 1. The second-order valence-electron chi connectivity index (χ2n) is 0.886. The minimum Gasteiger partial charge on any atom is -1.00 e. The Morgan fingerprint density at radius 2 is 1.67 bits per heavy atom. The molecule has 0 rings (SSSR count). The van der Waals surface area contributed by atoms with E-state index in [-0.39, 0.29) is 67.7 Å². The Balaban J connectivity index is -0.0000000300. The number of carbonyl (C=O) groups excluding carboxylic acids is 2. The van der Waals surface area contributed by atoms with Crippen molar-refractivity contribution in [3.63, 3.8) is 0 Å². The number of Topliss-reactive ketones (excluding diaryl/α,β-unsaturated/α-hetero) is 1. The van der Waals surface area contributed by atoms with Crippen molar-refractivity contribution in [1.29, 1.82) is 0 Å². The fourth-order valence-electron chi connectivity index (χ4n) is 0.0676. The Kier molecular flexibility index (Phi) is 19.2. The van der Waals surface area contributed by atoms with E-state index in [0.717, 1.165) is 0 Å². The molecule has 0 unspecified atom stereocenters. The summed E-state index contributed by atoms with van der Waals surface area (Å²) in [7, 11) is 0. The van der Waals surface area contributed by atoms with Crippen LogP contribution < -0.4 is 59.1 Å². The van der Waals surface area contributed by atoms with Gasteiger partial charge in [0.25, 0.3) is 5.12 Å². The van der Waals surface area contributed by atoms with Gasteiger partial charge in [-0.1, -0.05) is 12.6 Å². The van der Waals surface area contributed by atoms with E-state index < -0.39 is 10.9 Å². The predicted molar refractivity (Wildman–Crippen MR) is 35.1 cm³/mol. The third-order valence-electron chi connectivity index (χ3n) is 0.382. The van der Waals surface area contributed by atoms with Gasteiger partial charge in [0.15, 0.2) is 0 Å². The Labute approximate surface area is 112 Å². The standard InChI is InChI=1S/C3H4O2S2.2Na.2H/c4-2(1-6)3(5)7;;;;/h6H,1H2,(H,5,7);;;;/q;2*+1;2*-1. The van der Waals surface area contributed by atoms with Crippen LogP contribution in [0.1, 0.15) is 2.85 Å². The van der Waals surface area contributed by atoms with Gasteiger partial charge in [-0.05, 0) is 0 Å². The molecule has 0 fully saturated rings. The van der Waals surface area contributed by atoms with Gasteiger partial charge in [0.05, 0.1) is 5.75 Å². The molecule has 0 aliphatic heterocycles. The molecule has 0 aromatic carbocycles. The smallest absolute Gasteiger partial charge is 1.00 e. The monoisotopic (exact) mass is 184 g/mol. The third-order valence-corrected chi connectivity index (χ3v) is 0.919. The van der Waals surface area contributed by atoms with Crippen LogP contribution in [0.5, 0.6) is 0 Å². The van der Waals surface area contributed by atoms with Crippen LogP contribution in [0.2, 0.25) is 0 Å². The maximum atomic E-state index is 10.0. The number of rotatable bonds is 2. The third kappa shape index (κ3) is 10.0. The molecule has 0 aromatic rings. The van der Waals surface area contributed by atoms with Crippen molar-refractivity contribution in [3.8, 4) is 0 Å². The van der Waals surface area contributed by atoms with Crippen LogP contribution in [0.25, 0.3) is 0 Å². The zero-order valence-corrected chi connectivity index (χ0v) is 11.2. The van der Waals surface area contributed by atoms with E-state index in [1.54, 1.807) is 0 Å². The van der Waals surface area contributed by atoms with E-state index >= 15 is 0 Å². The first-order valence-corrected chi connectivity index (χ1v) is 2.63. The molecule has 6 heteroatoms. The number of hydrogen-bond acceptors (Lipinski definition) is 3. The largest absolute Gasteiger partial charge is 1.00 e. The number of thiol groups is 2. The van der Waals surface area contributed by atoms with Crippen LogP contribution in [0.15, 0.2) is 0 Å². The molecule has 0 radical (unpaired) electrons. The molecular weight excluding hydrogens is 178 g/mol. The second kappa shape index (κ2) is 10.0. The molecule has 0 heterocycles. The average Bonchev–Trinajstić information content (AvgIpc) is 1.65. The topological polar surface area (TPSA) is 34.1 Å². The molecule has 0 aromatic heterocycles. The Morgan fingerprint density at radius 1 is 1.33 bits per heavy atom. The van der Waals surface area contributed by atoms with E-state index in [4.69, 9.17) is 0 Å². The van der Waals surface area contributed by atoms with Crippen molar-refractivity contribution in [2.45, 2.75) is 0 Å². The predicted octanol–water partition coefficient (Wildman–Crippen LogP) is -5.83. The summed E-state index contributed by atoms with van der Waals surface area (Å²) in [6, 6.07) is 0. The molecule has 0 saturated carbocycles. The van der Waals surface area contributed by atoms with Crippen LogP contribution in [0.4, 0.5) is 0 Å². The number of hydrogen-bond donors (Lipinski definition) is 2. The van der Waals surface area contributed by atoms with Gasteiger partial charge in [0, 0.05) is 0 Å². The van der Waals surface area contributed by atoms with Gasteiger partial charge in [0.1, 0.15) is 0 Å². The van der Waals surface area contributed by atoms with Gasteiger partial charge < -0.3 is 2.85 Å². The van der Waals surface area contributed by atoms with Crippen molar-refractivity contribution < 1.29 is 71.6 Å². The minimum atomic E-state index is -0.727. The van der Waals surface area contributed by atoms with E-state index in [2.05, 4.69) is 25.3 Å². The van der Waals surface area contributed by atoms with Crippen molar-refractivity contribution in [1.82, 2.24) is 0 Å². The molecule has 0 aliphatic rings. The van der Waals surface area contributed by atoms with Crippen LogP contribution in [0, 0.1) is 0 Å². The summed E-state index contributed by atoms with van der Waals surface area (Å²) < 4.78 is 0. The Hall–Kier alpha value is 2.04. The Bertz CT molecular complexity index is 114. The molecule has 0 saturated heterocycles. The molecule has 2 nitrogen and oxygen atoms in total. The molecule has 0 amide bonds. The van der Waals surface area contributed by atoms with Gasteiger partial charge in [-0.2, -0.15) is 12.6 Å². The molecule has 0 atom stereocenters. The minimum absolute atomic E-state index is 0. The molecule has 9 heavy (non-hydrogen) atoms. The maximum Gasteiger partial charge on any atom is 1.00 e. The summed E-state index contributed by atoms with van der Waals surface area (Å²) in [5.74, 6) is -0.617. The van der Waals surface area contributed by atoms with Gasteiger partial charge >= 0.3 is 59.1 Å². The molecule has 44 valence electrons. The van der Waals surface area contributed by atoms with Crippen molar-refractivity contribution in [2.75, 3.05) is 5.75 Å². The van der Waals surface area contributed by atoms with Gasteiger partial charge in [-0.15, -0.1) is 0 Å². The average molecular weight is 184 g/mol.